The van der Waals surface area contributed by atoms with E-state index < -0.39 is 0 Å². The van der Waals surface area contributed by atoms with Crippen LogP contribution in [-0.4, -0.2) is 16.2 Å². The number of hydrogen-bond donors (Lipinski definition) is 0. The van der Waals surface area contributed by atoms with Crippen LogP contribution in [0, 0.1) is 6.33 Å². The molecular weight excluding hydrogens is 212 g/mol. The van der Waals surface area contributed by atoms with Crippen LogP contribution in [0.4, 0.5) is 0 Å². The van der Waals surface area contributed by atoms with Gasteiger partial charge in [0.1, 0.15) is 5.75 Å². The number of imidazole rings is 1. The molecule has 0 aliphatic heterocycles. The molecular formula is C14H19N2O. The smallest absolute Gasteiger partial charge is 0.177 e. The normalized spacial score (nSPS) is 10.9. The van der Waals surface area contributed by atoms with E-state index in [0.29, 0.717) is 0 Å². The number of unbranched alkanes of at least 4 members (excludes halogenated alkanes) is 1. The van der Waals surface area contributed by atoms with Crippen LogP contribution in [0.2, 0.25) is 0 Å². The van der Waals surface area contributed by atoms with Gasteiger partial charge in [-0.3, -0.25) is 0 Å². The van der Waals surface area contributed by atoms with Crippen LogP contribution in [0.1, 0.15) is 33.1 Å². The van der Waals surface area contributed by atoms with Gasteiger partial charge in [-0.25, -0.2) is 4.98 Å². The molecule has 1 radical (unpaired) electrons. The Morgan fingerprint density at radius 1 is 1.29 bits per heavy atom. The summed E-state index contributed by atoms with van der Waals surface area (Å²) in [5, 5.41) is 0. The Morgan fingerprint density at radius 3 is 2.94 bits per heavy atom. The minimum Gasteiger partial charge on any atom is -0.494 e. The number of hydrogen-bond acceptors (Lipinski definition) is 2. The summed E-state index contributed by atoms with van der Waals surface area (Å²) in [5.41, 5.74) is 2.10. The van der Waals surface area contributed by atoms with E-state index in [1.165, 1.54) is 0 Å². The Bertz CT molecular complexity index is 476. The summed E-state index contributed by atoms with van der Waals surface area (Å²) in [6.07, 6.45) is 6.36. The molecule has 2 rings (SSSR count). The fraction of sp³-hybridized carbons (Fsp3) is 0.500. The van der Waals surface area contributed by atoms with Gasteiger partial charge in [0.15, 0.2) is 6.33 Å². The molecule has 0 saturated carbocycles. The molecule has 2 aromatic rings. The zero-order valence-electron chi connectivity index (χ0n) is 10.6. The number of nitrogens with zero attached hydrogens (tertiary/aromatic N) is 2. The van der Waals surface area contributed by atoms with Gasteiger partial charge in [-0.15, -0.1) is 0 Å². The van der Waals surface area contributed by atoms with Crippen molar-refractivity contribution in [2.24, 2.45) is 0 Å². The highest BCUT2D eigenvalue weighted by molar-refractivity contribution is 5.76. The van der Waals surface area contributed by atoms with Crippen molar-refractivity contribution in [2.45, 2.75) is 39.7 Å². The molecule has 0 atom stereocenters. The Morgan fingerprint density at radius 2 is 2.18 bits per heavy atom. The third-order valence-corrected chi connectivity index (χ3v) is 2.74. The Hall–Kier alpha value is -1.51. The summed E-state index contributed by atoms with van der Waals surface area (Å²) >= 11 is 0. The van der Waals surface area contributed by atoms with Crippen molar-refractivity contribution in [1.29, 1.82) is 0 Å². The molecule has 3 nitrogen and oxygen atoms in total. The first kappa shape index (κ1) is 12.0. The lowest BCUT2D eigenvalue weighted by atomic mass is 10.3. The first-order valence-corrected chi connectivity index (χ1v) is 6.36. The van der Waals surface area contributed by atoms with Crippen molar-refractivity contribution < 1.29 is 4.74 Å². The monoisotopic (exact) mass is 231 g/mol. The molecule has 0 amide bonds. The van der Waals surface area contributed by atoms with Crippen molar-refractivity contribution in [3.05, 3.63) is 24.5 Å². The average Bonchev–Trinajstić information content (AvgIpc) is 2.73. The Kier molecular flexibility index (Phi) is 4.02. The molecule has 0 aliphatic carbocycles. The van der Waals surface area contributed by atoms with Crippen molar-refractivity contribution >= 4 is 11.0 Å². The topological polar surface area (TPSA) is 27.1 Å². The second kappa shape index (κ2) is 5.71. The van der Waals surface area contributed by atoms with Crippen molar-refractivity contribution in [2.75, 3.05) is 6.61 Å². The van der Waals surface area contributed by atoms with E-state index in [2.05, 4.69) is 35.8 Å². The third-order valence-electron chi connectivity index (χ3n) is 2.74. The van der Waals surface area contributed by atoms with Gasteiger partial charge in [-0.2, -0.15) is 0 Å². The van der Waals surface area contributed by atoms with Gasteiger partial charge in [0.05, 0.1) is 17.6 Å². The molecule has 0 saturated heterocycles. The molecule has 0 unspecified atom stereocenters. The van der Waals surface area contributed by atoms with Gasteiger partial charge in [0, 0.05) is 12.6 Å². The van der Waals surface area contributed by atoms with Gasteiger partial charge < -0.3 is 9.30 Å². The summed E-state index contributed by atoms with van der Waals surface area (Å²) in [6.45, 7) is 6.06. The van der Waals surface area contributed by atoms with Gasteiger partial charge in [-0.1, -0.05) is 20.3 Å². The molecule has 1 aromatic carbocycles. The minimum absolute atomic E-state index is 0.779. The van der Waals surface area contributed by atoms with Crippen LogP contribution in [0.15, 0.2) is 18.2 Å². The highest BCUT2D eigenvalue weighted by atomic mass is 16.5. The summed E-state index contributed by atoms with van der Waals surface area (Å²) in [5.74, 6) is 0.904. The standard InChI is InChI=1S/C14H19N2O/c1-3-5-9-17-12-6-7-14-13(10-12)15-11-16(14)8-4-2/h6-7,10H,3-5,8-9H2,1-2H3. The highest BCUT2D eigenvalue weighted by Gasteiger charge is 2.04. The SMILES string of the molecule is CCCCOc1ccc2c(c1)n[c]n2CCC. The fourth-order valence-electron chi connectivity index (χ4n) is 1.81. The second-order valence-electron chi connectivity index (χ2n) is 4.22. The molecule has 3 heteroatoms. The third kappa shape index (κ3) is 2.78. The molecule has 0 fully saturated rings. The molecule has 0 N–H and O–H groups in total. The Labute approximate surface area is 102 Å². The molecule has 1 aromatic heterocycles. The largest absolute Gasteiger partial charge is 0.494 e. The van der Waals surface area contributed by atoms with E-state index in [1.54, 1.807) is 0 Å². The lowest BCUT2D eigenvalue weighted by Gasteiger charge is -2.05. The van der Waals surface area contributed by atoms with Crippen LogP contribution in [0.5, 0.6) is 5.75 Å². The number of fused-ring (bicyclic) bond motifs is 1. The summed E-state index contributed by atoms with van der Waals surface area (Å²) < 4.78 is 7.72. The number of rotatable bonds is 6. The number of aryl methyl sites for hydroxylation is 1. The first-order valence-electron chi connectivity index (χ1n) is 6.36. The van der Waals surface area contributed by atoms with Gasteiger partial charge in [0.25, 0.3) is 0 Å². The fourth-order valence-corrected chi connectivity index (χ4v) is 1.81. The van der Waals surface area contributed by atoms with Crippen molar-refractivity contribution in [1.82, 2.24) is 9.55 Å². The van der Waals surface area contributed by atoms with Gasteiger partial charge in [0.2, 0.25) is 0 Å². The predicted molar refractivity (Wildman–Crippen MR) is 69.3 cm³/mol. The predicted octanol–water partition coefficient (Wildman–Crippen LogP) is 3.43. The second-order valence-corrected chi connectivity index (χ2v) is 4.22. The van der Waals surface area contributed by atoms with Crippen molar-refractivity contribution in [3.63, 3.8) is 0 Å². The van der Waals surface area contributed by atoms with E-state index >= 15 is 0 Å². The maximum Gasteiger partial charge on any atom is 0.177 e. The summed E-state index contributed by atoms with van der Waals surface area (Å²) in [7, 11) is 0. The maximum absolute atomic E-state index is 5.66. The first-order chi connectivity index (χ1) is 8.35. The zero-order chi connectivity index (χ0) is 12.1. The zero-order valence-corrected chi connectivity index (χ0v) is 10.6. The number of ether oxygens (including phenoxy) is 1. The molecule has 0 bridgehead atoms. The maximum atomic E-state index is 5.66. The van der Waals surface area contributed by atoms with Gasteiger partial charge >= 0.3 is 0 Å². The minimum atomic E-state index is 0.779. The van der Waals surface area contributed by atoms with Crippen LogP contribution >= 0.6 is 0 Å². The highest BCUT2D eigenvalue weighted by Crippen LogP contribution is 2.20. The van der Waals surface area contributed by atoms with Crippen LogP contribution in [0.3, 0.4) is 0 Å². The lowest BCUT2D eigenvalue weighted by molar-refractivity contribution is 0.310. The summed E-state index contributed by atoms with van der Waals surface area (Å²) in [6, 6.07) is 6.07. The number of aromatic nitrogens is 2. The Balaban J connectivity index is 2.14. The van der Waals surface area contributed by atoms with Gasteiger partial charge in [-0.05, 0) is 25.0 Å². The van der Waals surface area contributed by atoms with E-state index in [0.717, 1.165) is 49.2 Å². The van der Waals surface area contributed by atoms with Crippen molar-refractivity contribution in [3.8, 4) is 5.75 Å². The van der Waals surface area contributed by atoms with E-state index in [-0.39, 0.29) is 0 Å². The summed E-state index contributed by atoms with van der Waals surface area (Å²) in [4.78, 5) is 4.28. The molecule has 17 heavy (non-hydrogen) atoms. The van der Waals surface area contributed by atoms with E-state index in [9.17, 15) is 0 Å². The molecule has 91 valence electrons. The van der Waals surface area contributed by atoms with Crippen LogP contribution in [-0.2, 0) is 6.54 Å². The van der Waals surface area contributed by atoms with E-state index in [1.807, 2.05) is 12.1 Å². The van der Waals surface area contributed by atoms with E-state index in [4.69, 9.17) is 4.74 Å². The quantitative estimate of drug-likeness (QED) is 0.712. The average molecular weight is 231 g/mol. The van der Waals surface area contributed by atoms with Crippen LogP contribution in [0.25, 0.3) is 11.0 Å². The number of benzene rings is 1. The lowest BCUT2D eigenvalue weighted by Crippen LogP contribution is -1.97. The molecule has 0 aliphatic rings. The molecule has 0 spiro atoms. The molecule has 1 heterocycles. The van der Waals surface area contributed by atoms with Crippen LogP contribution < -0.4 is 4.74 Å².